The summed E-state index contributed by atoms with van der Waals surface area (Å²) in [4.78, 5) is 23.2. The predicted molar refractivity (Wildman–Crippen MR) is 68.6 cm³/mol. The van der Waals surface area contributed by atoms with E-state index in [1.165, 1.54) is 0 Å². The number of hydrogen-bond donors (Lipinski definition) is 3. The van der Waals surface area contributed by atoms with Gasteiger partial charge in [0.15, 0.2) is 0 Å². The van der Waals surface area contributed by atoms with E-state index in [4.69, 9.17) is 0 Å². The molecule has 100 valence electrons. The Morgan fingerprint density at radius 2 is 1.76 bits per heavy atom. The Hall–Kier alpha value is -1.10. The van der Waals surface area contributed by atoms with E-state index in [2.05, 4.69) is 16.0 Å². The number of carbonyl (C=O) groups excluding carboxylic acids is 2. The Morgan fingerprint density at radius 1 is 1.12 bits per heavy atom. The fraction of sp³-hybridized carbons (Fsp3) is 0.833. The largest absolute Gasteiger partial charge is 0.354 e. The van der Waals surface area contributed by atoms with Gasteiger partial charge in [0.25, 0.3) is 0 Å². The molecule has 5 nitrogen and oxygen atoms in total. The first kappa shape index (κ1) is 15.9. The lowest BCUT2D eigenvalue weighted by Crippen LogP contribution is -2.47. The van der Waals surface area contributed by atoms with Crippen molar-refractivity contribution in [3.8, 4) is 0 Å². The quantitative estimate of drug-likeness (QED) is 0.573. The molecule has 5 heteroatoms. The average molecular weight is 243 g/mol. The topological polar surface area (TPSA) is 70.2 Å². The van der Waals surface area contributed by atoms with Crippen molar-refractivity contribution < 1.29 is 9.59 Å². The van der Waals surface area contributed by atoms with Gasteiger partial charge in [-0.25, -0.2) is 0 Å². The van der Waals surface area contributed by atoms with E-state index in [0.29, 0.717) is 13.1 Å². The molecular weight excluding hydrogens is 218 g/mol. The highest BCUT2D eigenvalue weighted by atomic mass is 16.2. The van der Waals surface area contributed by atoms with Crippen molar-refractivity contribution >= 4 is 11.8 Å². The molecule has 0 spiro atoms. The number of hydrogen-bond acceptors (Lipinski definition) is 3. The van der Waals surface area contributed by atoms with Crippen molar-refractivity contribution in [2.24, 2.45) is 5.92 Å². The minimum Gasteiger partial charge on any atom is -0.354 e. The monoisotopic (exact) mass is 243 g/mol. The molecule has 2 amide bonds. The van der Waals surface area contributed by atoms with Gasteiger partial charge in [0, 0.05) is 19.0 Å². The van der Waals surface area contributed by atoms with Crippen molar-refractivity contribution in [3.05, 3.63) is 0 Å². The molecule has 0 rings (SSSR count). The second-order valence-electron chi connectivity index (χ2n) is 4.23. The van der Waals surface area contributed by atoms with Gasteiger partial charge in [-0.2, -0.15) is 0 Å². The number of carbonyl (C=O) groups is 2. The Labute approximate surface area is 104 Å². The third kappa shape index (κ3) is 6.94. The molecule has 0 saturated carbocycles. The van der Waals surface area contributed by atoms with Gasteiger partial charge in [-0.05, 0) is 19.9 Å². The molecule has 0 saturated heterocycles. The summed E-state index contributed by atoms with van der Waals surface area (Å²) < 4.78 is 0. The van der Waals surface area contributed by atoms with Crippen LogP contribution in [0.3, 0.4) is 0 Å². The first-order valence-electron chi connectivity index (χ1n) is 6.31. The summed E-state index contributed by atoms with van der Waals surface area (Å²) in [5, 5.41) is 8.56. The first-order valence-corrected chi connectivity index (χ1v) is 6.31. The zero-order chi connectivity index (χ0) is 13.3. The van der Waals surface area contributed by atoms with Crippen LogP contribution >= 0.6 is 0 Å². The molecule has 0 aromatic heterocycles. The first-order chi connectivity index (χ1) is 8.02. The molecule has 3 N–H and O–H groups in total. The molecule has 0 aliphatic rings. The highest BCUT2D eigenvalue weighted by molar-refractivity contribution is 5.88. The normalized spacial score (nSPS) is 13.9. The molecular formula is C12H25N3O2. The zero-order valence-corrected chi connectivity index (χ0v) is 11.3. The summed E-state index contributed by atoms with van der Waals surface area (Å²) in [6.07, 6.45) is 0.892. The Bertz CT molecular complexity index is 244. The molecule has 0 aromatic carbocycles. The highest BCUT2D eigenvalue weighted by Crippen LogP contribution is 1.94. The molecule has 0 bridgehead atoms. The lowest BCUT2D eigenvalue weighted by atomic mass is 10.1. The minimum atomic E-state index is -0.474. The van der Waals surface area contributed by atoms with Crippen molar-refractivity contribution in [1.29, 1.82) is 0 Å². The van der Waals surface area contributed by atoms with Crippen LogP contribution in [0.1, 0.15) is 34.1 Å². The maximum atomic E-state index is 11.7. The number of amides is 2. The van der Waals surface area contributed by atoms with Gasteiger partial charge in [-0.3, -0.25) is 9.59 Å². The predicted octanol–water partition coefficient (Wildman–Crippen LogP) is 0.263. The Balaban J connectivity index is 3.97. The summed E-state index contributed by atoms with van der Waals surface area (Å²) >= 11 is 0. The summed E-state index contributed by atoms with van der Waals surface area (Å²) in [5.74, 6) is -0.350. The smallest absolute Gasteiger partial charge is 0.242 e. The summed E-state index contributed by atoms with van der Waals surface area (Å²) in [5.41, 5.74) is 0. The van der Waals surface area contributed by atoms with Gasteiger partial charge in [-0.1, -0.05) is 20.8 Å². The van der Waals surface area contributed by atoms with Gasteiger partial charge in [-0.15, -0.1) is 0 Å². The van der Waals surface area contributed by atoms with E-state index in [1.54, 1.807) is 6.92 Å². The fourth-order valence-electron chi connectivity index (χ4n) is 1.28. The third-order valence-electron chi connectivity index (χ3n) is 2.45. The van der Waals surface area contributed by atoms with Crippen molar-refractivity contribution in [1.82, 2.24) is 16.0 Å². The van der Waals surface area contributed by atoms with Gasteiger partial charge in [0.2, 0.25) is 11.8 Å². The van der Waals surface area contributed by atoms with Gasteiger partial charge >= 0.3 is 0 Å². The lowest BCUT2D eigenvalue weighted by Gasteiger charge is -2.17. The van der Waals surface area contributed by atoms with E-state index >= 15 is 0 Å². The SMILES string of the molecule is CCCNC(=O)C(C)NC(=O)C(C)CNCC. The van der Waals surface area contributed by atoms with Crippen LogP contribution in [-0.4, -0.2) is 37.5 Å². The van der Waals surface area contributed by atoms with Crippen LogP contribution in [0.2, 0.25) is 0 Å². The van der Waals surface area contributed by atoms with E-state index in [1.807, 2.05) is 20.8 Å². The van der Waals surface area contributed by atoms with Gasteiger partial charge in [0.1, 0.15) is 6.04 Å². The van der Waals surface area contributed by atoms with E-state index in [0.717, 1.165) is 13.0 Å². The molecule has 17 heavy (non-hydrogen) atoms. The van der Waals surface area contributed by atoms with Crippen LogP contribution in [0.25, 0.3) is 0 Å². The number of nitrogens with one attached hydrogen (secondary N) is 3. The Morgan fingerprint density at radius 3 is 2.29 bits per heavy atom. The molecule has 0 fully saturated rings. The fourth-order valence-corrected chi connectivity index (χ4v) is 1.28. The van der Waals surface area contributed by atoms with Crippen molar-refractivity contribution in [2.45, 2.75) is 40.2 Å². The summed E-state index contributed by atoms with van der Waals surface area (Å²) in [6.45, 7) is 9.63. The second kappa shape index (κ2) is 8.98. The van der Waals surface area contributed by atoms with Gasteiger partial charge in [0.05, 0.1) is 0 Å². The van der Waals surface area contributed by atoms with Crippen molar-refractivity contribution in [3.63, 3.8) is 0 Å². The molecule has 0 aromatic rings. The molecule has 0 aliphatic carbocycles. The molecule has 0 aliphatic heterocycles. The summed E-state index contributed by atoms with van der Waals surface area (Å²) in [7, 11) is 0. The molecule has 2 atom stereocenters. The van der Waals surface area contributed by atoms with Gasteiger partial charge < -0.3 is 16.0 Å². The van der Waals surface area contributed by atoms with Crippen LogP contribution < -0.4 is 16.0 Å². The maximum absolute atomic E-state index is 11.7. The van der Waals surface area contributed by atoms with E-state index in [9.17, 15) is 9.59 Å². The standard InChI is InChI=1S/C12H25N3O2/c1-5-7-14-12(17)10(4)15-11(16)9(3)8-13-6-2/h9-10,13H,5-8H2,1-4H3,(H,14,17)(H,15,16). The zero-order valence-electron chi connectivity index (χ0n) is 11.3. The lowest BCUT2D eigenvalue weighted by molar-refractivity contribution is -0.130. The summed E-state index contributed by atoms with van der Waals surface area (Å²) in [6, 6.07) is -0.474. The molecule has 2 unspecified atom stereocenters. The van der Waals surface area contributed by atoms with E-state index in [-0.39, 0.29) is 17.7 Å². The molecule has 0 heterocycles. The van der Waals surface area contributed by atoms with Crippen LogP contribution in [-0.2, 0) is 9.59 Å². The van der Waals surface area contributed by atoms with Crippen LogP contribution in [0.5, 0.6) is 0 Å². The van der Waals surface area contributed by atoms with Crippen LogP contribution in [0.15, 0.2) is 0 Å². The minimum absolute atomic E-state index is 0.0925. The van der Waals surface area contributed by atoms with Crippen LogP contribution in [0.4, 0.5) is 0 Å². The number of rotatable bonds is 8. The van der Waals surface area contributed by atoms with Crippen LogP contribution in [0, 0.1) is 5.92 Å². The average Bonchev–Trinajstić information content (AvgIpc) is 2.32. The highest BCUT2D eigenvalue weighted by Gasteiger charge is 2.18. The maximum Gasteiger partial charge on any atom is 0.242 e. The van der Waals surface area contributed by atoms with E-state index < -0.39 is 6.04 Å². The Kier molecular flexibility index (Phi) is 8.40. The third-order valence-corrected chi connectivity index (χ3v) is 2.45. The van der Waals surface area contributed by atoms with Crippen molar-refractivity contribution in [2.75, 3.05) is 19.6 Å². The molecule has 0 radical (unpaired) electrons. The second-order valence-corrected chi connectivity index (χ2v) is 4.23.